The van der Waals surface area contributed by atoms with E-state index in [2.05, 4.69) is 31.5 Å². The highest BCUT2D eigenvalue weighted by atomic mass is 28.4. The van der Waals surface area contributed by atoms with Gasteiger partial charge in [0.15, 0.2) is 14.1 Å². The van der Waals surface area contributed by atoms with Crippen molar-refractivity contribution >= 4 is 31.8 Å². The maximum Gasteiger partial charge on any atom is 0.249 e. The number of amides is 3. The highest BCUT2D eigenvalue weighted by molar-refractivity contribution is 6.69. The summed E-state index contributed by atoms with van der Waals surface area (Å²) in [6.45, 7) is 12.1. The molecule has 0 spiro atoms. The zero-order valence-corrected chi connectivity index (χ0v) is 20.2. The first-order valence-corrected chi connectivity index (χ1v) is 14.4. The maximum absolute atomic E-state index is 13.1. The fraction of sp³-hybridized carbons (Fsp3) is 0.500. The van der Waals surface area contributed by atoms with Crippen molar-refractivity contribution < 1.29 is 23.6 Å². The SMILES string of the molecule is C=CC[C@]1(CC(=O)c2ccc(CN3C(=O)CCC3=O)cc2)[N]C(=O)[C@@H]1[C@@H](C)O[Si](C)(C)C. The molecule has 0 saturated carbocycles. The summed E-state index contributed by atoms with van der Waals surface area (Å²) in [5.74, 6) is -1.14. The van der Waals surface area contributed by atoms with Crippen LogP contribution in [0.15, 0.2) is 36.9 Å². The van der Waals surface area contributed by atoms with E-state index in [1.165, 1.54) is 4.90 Å². The minimum Gasteiger partial charge on any atom is -0.414 e. The van der Waals surface area contributed by atoms with Gasteiger partial charge in [-0.1, -0.05) is 30.3 Å². The van der Waals surface area contributed by atoms with Crippen LogP contribution in [-0.2, 0) is 25.4 Å². The smallest absolute Gasteiger partial charge is 0.249 e. The second-order valence-corrected chi connectivity index (χ2v) is 14.1. The number of rotatable bonds is 10. The molecule has 2 fully saturated rings. The predicted molar refractivity (Wildman–Crippen MR) is 122 cm³/mol. The van der Waals surface area contributed by atoms with Gasteiger partial charge in [0, 0.05) is 24.8 Å². The lowest BCUT2D eigenvalue weighted by atomic mass is 9.67. The van der Waals surface area contributed by atoms with E-state index in [0.717, 1.165) is 5.56 Å². The number of hydrogen-bond donors (Lipinski definition) is 0. The fourth-order valence-electron chi connectivity index (χ4n) is 4.59. The highest BCUT2D eigenvalue weighted by Crippen LogP contribution is 2.41. The summed E-state index contributed by atoms with van der Waals surface area (Å²) in [6, 6.07) is 6.90. The van der Waals surface area contributed by atoms with Crippen LogP contribution in [0.25, 0.3) is 0 Å². The summed E-state index contributed by atoms with van der Waals surface area (Å²) in [5, 5.41) is 4.27. The molecule has 0 aliphatic carbocycles. The number of nitrogens with zero attached hydrogens (tertiary/aromatic N) is 2. The first-order chi connectivity index (χ1) is 15.0. The van der Waals surface area contributed by atoms with Gasteiger partial charge in [-0.3, -0.25) is 24.1 Å². The summed E-state index contributed by atoms with van der Waals surface area (Å²) in [4.78, 5) is 50.4. The Hall–Kier alpha value is -2.58. The Morgan fingerprint density at radius 2 is 1.81 bits per heavy atom. The van der Waals surface area contributed by atoms with Crippen molar-refractivity contribution in [1.29, 1.82) is 0 Å². The van der Waals surface area contributed by atoms with Crippen LogP contribution >= 0.6 is 0 Å². The third-order valence-corrected chi connectivity index (χ3v) is 7.00. The molecule has 0 N–H and O–H groups in total. The Kier molecular flexibility index (Phi) is 6.85. The van der Waals surface area contributed by atoms with E-state index in [1.54, 1.807) is 30.3 Å². The van der Waals surface area contributed by atoms with Crippen LogP contribution < -0.4 is 5.32 Å². The van der Waals surface area contributed by atoms with Crippen LogP contribution in [0, 0.1) is 5.92 Å². The number of ketones is 1. The number of carbonyl (C=O) groups is 4. The Balaban J connectivity index is 1.72. The monoisotopic (exact) mass is 455 g/mol. The summed E-state index contributed by atoms with van der Waals surface area (Å²) in [6.07, 6.45) is 2.40. The van der Waals surface area contributed by atoms with E-state index in [1.807, 2.05) is 6.92 Å². The molecule has 8 heteroatoms. The third-order valence-electron chi connectivity index (χ3n) is 5.92. The molecule has 171 valence electrons. The molecule has 0 aromatic heterocycles. The van der Waals surface area contributed by atoms with Crippen molar-refractivity contribution in [3.05, 3.63) is 48.0 Å². The highest BCUT2D eigenvalue weighted by Gasteiger charge is 2.58. The number of carbonyl (C=O) groups excluding carboxylic acids is 4. The minimum absolute atomic E-state index is 0.0945. The van der Waals surface area contributed by atoms with Gasteiger partial charge in [0.05, 0.1) is 24.1 Å². The van der Waals surface area contributed by atoms with Gasteiger partial charge in [-0.15, -0.1) is 6.58 Å². The van der Waals surface area contributed by atoms with Crippen molar-refractivity contribution in [2.24, 2.45) is 5.92 Å². The minimum atomic E-state index is -1.87. The molecule has 2 aliphatic heterocycles. The van der Waals surface area contributed by atoms with Crippen LogP contribution in [0.2, 0.25) is 19.6 Å². The first kappa shape index (κ1) is 24.1. The second kappa shape index (κ2) is 9.11. The molecule has 0 bridgehead atoms. The van der Waals surface area contributed by atoms with Crippen molar-refractivity contribution in [2.75, 3.05) is 0 Å². The quantitative estimate of drug-likeness (QED) is 0.177. The second-order valence-electron chi connectivity index (χ2n) is 9.63. The van der Waals surface area contributed by atoms with Crippen molar-refractivity contribution in [3.8, 4) is 0 Å². The lowest BCUT2D eigenvalue weighted by Gasteiger charge is -2.49. The van der Waals surface area contributed by atoms with E-state index in [0.29, 0.717) is 12.0 Å². The molecule has 3 rings (SSSR count). The predicted octanol–water partition coefficient (Wildman–Crippen LogP) is 3.22. The molecule has 0 unspecified atom stereocenters. The summed E-state index contributed by atoms with van der Waals surface area (Å²) in [5.41, 5.74) is 0.454. The summed E-state index contributed by atoms with van der Waals surface area (Å²) in [7, 11) is -1.87. The van der Waals surface area contributed by atoms with Gasteiger partial charge in [0.25, 0.3) is 0 Å². The Labute approximate surface area is 190 Å². The molecule has 2 saturated heterocycles. The fourth-order valence-corrected chi connectivity index (χ4v) is 5.84. The van der Waals surface area contributed by atoms with Gasteiger partial charge in [-0.05, 0) is 38.5 Å². The number of likely N-dealkylation sites (tertiary alicyclic amines) is 1. The molecule has 3 amide bonds. The van der Waals surface area contributed by atoms with Gasteiger partial charge in [-0.2, -0.15) is 0 Å². The lowest BCUT2D eigenvalue weighted by molar-refractivity contribution is -0.148. The molecule has 2 aliphatic rings. The lowest BCUT2D eigenvalue weighted by Crippen LogP contribution is -2.69. The van der Waals surface area contributed by atoms with E-state index in [4.69, 9.17) is 4.43 Å². The molecule has 3 atom stereocenters. The average molecular weight is 456 g/mol. The van der Waals surface area contributed by atoms with Gasteiger partial charge in [0.2, 0.25) is 17.7 Å². The zero-order valence-electron chi connectivity index (χ0n) is 19.2. The third kappa shape index (κ3) is 5.07. The molecule has 32 heavy (non-hydrogen) atoms. The standard InChI is InChI=1S/C24H31N2O5Si/c1-6-13-24(22(23(30)25-24)16(2)31-32(3,4)5)14-19(27)18-9-7-17(8-10-18)15-26-20(28)11-12-21(26)29/h6-10,16,22H,1,11-15H2,2-5H3/t16-,22+,24-/m1/s1. The van der Waals surface area contributed by atoms with Gasteiger partial charge in [0.1, 0.15) is 0 Å². The molecule has 1 radical (unpaired) electrons. The Morgan fingerprint density at radius 1 is 1.22 bits per heavy atom. The normalized spacial score (nSPS) is 24.2. The van der Waals surface area contributed by atoms with Crippen molar-refractivity contribution in [1.82, 2.24) is 10.2 Å². The van der Waals surface area contributed by atoms with Crippen molar-refractivity contribution in [3.63, 3.8) is 0 Å². The molecule has 1 aromatic carbocycles. The van der Waals surface area contributed by atoms with Crippen molar-refractivity contribution in [2.45, 2.75) is 70.4 Å². The van der Waals surface area contributed by atoms with Gasteiger partial charge in [-0.25, -0.2) is 5.32 Å². The van der Waals surface area contributed by atoms with Crippen LogP contribution in [0.3, 0.4) is 0 Å². The number of hydrogen-bond acceptors (Lipinski definition) is 5. The van der Waals surface area contributed by atoms with Crippen LogP contribution in [-0.4, -0.2) is 48.4 Å². The molecule has 7 nitrogen and oxygen atoms in total. The number of Topliss-reactive ketones (excluding diaryl/α,β-unsaturated/α-hetero) is 1. The van der Waals surface area contributed by atoms with Crippen LogP contribution in [0.4, 0.5) is 0 Å². The summed E-state index contributed by atoms with van der Waals surface area (Å²) >= 11 is 0. The molecule has 2 heterocycles. The Bertz CT molecular complexity index is 917. The molecular weight excluding hydrogens is 424 g/mol. The van der Waals surface area contributed by atoms with E-state index >= 15 is 0 Å². The number of imide groups is 1. The van der Waals surface area contributed by atoms with E-state index in [-0.39, 0.29) is 55.4 Å². The van der Waals surface area contributed by atoms with E-state index < -0.39 is 19.8 Å². The molecule has 1 aromatic rings. The first-order valence-electron chi connectivity index (χ1n) is 11.0. The van der Waals surface area contributed by atoms with Crippen LogP contribution in [0.5, 0.6) is 0 Å². The summed E-state index contributed by atoms with van der Waals surface area (Å²) < 4.78 is 6.15. The average Bonchev–Trinajstić information content (AvgIpc) is 2.98. The zero-order chi connectivity index (χ0) is 23.7. The largest absolute Gasteiger partial charge is 0.414 e. The van der Waals surface area contributed by atoms with Gasteiger partial charge >= 0.3 is 0 Å². The number of β-lactam (4-membered cyclic amide) rings is 1. The number of benzene rings is 1. The molecular formula is C24H31N2O5Si. The maximum atomic E-state index is 13.1. The topological polar surface area (TPSA) is 94.9 Å². The Morgan fingerprint density at radius 3 is 2.31 bits per heavy atom. The van der Waals surface area contributed by atoms with Gasteiger partial charge < -0.3 is 4.43 Å². The van der Waals surface area contributed by atoms with Crippen LogP contribution in [0.1, 0.15) is 48.5 Å². The van der Waals surface area contributed by atoms with E-state index in [9.17, 15) is 19.2 Å².